The average molecular weight is 305 g/mol. The van der Waals surface area contributed by atoms with Crippen molar-refractivity contribution in [1.82, 2.24) is 0 Å². The number of hydrogen-bond donors (Lipinski definition) is 0. The molecular formula is C17H14ClFO2. The summed E-state index contributed by atoms with van der Waals surface area (Å²) in [4.78, 5) is 12.1. The molecule has 0 N–H and O–H groups in total. The fourth-order valence-electron chi connectivity index (χ4n) is 2.54. The lowest BCUT2D eigenvalue weighted by molar-refractivity contribution is 0.0921. The van der Waals surface area contributed by atoms with Crippen molar-refractivity contribution in [2.24, 2.45) is 0 Å². The fourth-order valence-corrected chi connectivity index (χ4v) is 2.66. The molecule has 0 radical (unpaired) electrons. The van der Waals surface area contributed by atoms with Crippen molar-refractivity contribution in [1.29, 1.82) is 0 Å². The standard InChI is InChI=1S/C17H14ClFO2/c18-15-7-6-14(9-16(15)19)21-10-17(20)13-5-4-11-2-1-3-12(11)8-13/h4-9H,1-3,10H2. The number of rotatable bonds is 4. The van der Waals surface area contributed by atoms with E-state index in [0.717, 1.165) is 19.3 Å². The van der Waals surface area contributed by atoms with Crippen LogP contribution in [-0.2, 0) is 12.8 Å². The molecule has 0 fully saturated rings. The summed E-state index contributed by atoms with van der Waals surface area (Å²) in [6.07, 6.45) is 3.26. The van der Waals surface area contributed by atoms with Crippen molar-refractivity contribution in [3.05, 3.63) is 63.9 Å². The average Bonchev–Trinajstić information content (AvgIpc) is 2.95. The van der Waals surface area contributed by atoms with Crippen LogP contribution in [0.25, 0.3) is 0 Å². The second-order valence-electron chi connectivity index (χ2n) is 5.12. The molecule has 4 heteroatoms. The summed E-state index contributed by atoms with van der Waals surface area (Å²) in [7, 11) is 0. The van der Waals surface area contributed by atoms with Crippen LogP contribution in [-0.4, -0.2) is 12.4 Å². The van der Waals surface area contributed by atoms with Gasteiger partial charge in [-0.1, -0.05) is 23.7 Å². The predicted octanol–water partition coefficient (Wildman–Crippen LogP) is 4.23. The zero-order valence-corrected chi connectivity index (χ0v) is 12.1. The van der Waals surface area contributed by atoms with E-state index in [-0.39, 0.29) is 17.4 Å². The van der Waals surface area contributed by atoms with Gasteiger partial charge in [-0.25, -0.2) is 4.39 Å². The minimum absolute atomic E-state index is 0.0345. The van der Waals surface area contributed by atoms with E-state index < -0.39 is 5.82 Å². The SMILES string of the molecule is O=C(COc1ccc(Cl)c(F)c1)c1ccc2c(c1)CCC2. The lowest BCUT2D eigenvalue weighted by Crippen LogP contribution is -2.12. The van der Waals surface area contributed by atoms with Crippen LogP contribution < -0.4 is 4.74 Å². The van der Waals surface area contributed by atoms with Crippen LogP contribution in [0.3, 0.4) is 0 Å². The number of ether oxygens (including phenoxy) is 1. The molecule has 0 unspecified atom stereocenters. The first-order chi connectivity index (χ1) is 10.1. The monoisotopic (exact) mass is 304 g/mol. The maximum atomic E-state index is 13.3. The minimum atomic E-state index is -0.556. The fraction of sp³-hybridized carbons (Fsp3) is 0.235. The molecule has 0 saturated carbocycles. The lowest BCUT2D eigenvalue weighted by atomic mass is 10.0. The molecule has 0 heterocycles. The number of carbonyl (C=O) groups excluding carboxylic acids is 1. The first kappa shape index (κ1) is 14.1. The van der Waals surface area contributed by atoms with Gasteiger partial charge in [0.1, 0.15) is 11.6 Å². The topological polar surface area (TPSA) is 26.3 Å². The number of hydrogen-bond acceptors (Lipinski definition) is 2. The van der Waals surface area contributed by atoms with Gasteiger partial charge in [-0.2, -0.15) is 0 Å². The highest BCUT2D eigenvalue weighted by Crippen LogP contribution is 2.24. The molecule has 2 aromatic rings. The highest BCUT2D eigenvalue weighted by Gasteiger charge is 2.14. The third-order valence-electron chi connectivity index (χ3n) is 3.68. The van der Waals surface area contributed by atoms with Gasteiger partial charge in [0.15, 0.2) is 12.4 Å². The van der Waals surface area contributed by atoms with E-state index in [1.54, 1.807) is 6.07 Å². The molecule has 0 aromatic heterocycles. The summed E-state index contributed by atoms with van der Waals surface area (Å²) in [6, 6.07) is 9.91. The zero-order chi connectivity index (χ0) is 14.8. The third kappa shape index (κ3) is 3.08. The molecule has 0 saturated heterocycles. The Morgan fingerprint density at radius 2 is 1.95 bits per heavy atom. The third-order valence-corrected chi connectivity index (χ3v) is 3.99. The van der Waals surface area contributed by atoms with Crippen LogP contribution in [0.1, 0.15) is 27.9 Å². The van der Waals surface area contributed by atoms with Gasteiger partial charge in [-0.05, 0) is 48.6 Å². The van der Waals surface area contributed by atoms with Gasteiger partial charge in [0.2, 0.25) is 0 Å². The van der Waals surface area contributed by atoms with Gasteiger partial charge in [0, 0.05) is 11.6 Å². The van der Waals surface area contributed by atoms with Gasteiger partial charge in [0.05, 0.1) is 5.02 Å². The lowest BCUT2D eigenvalue weighted by Gasteiger charge is -2.07. The van der Waals surface area contributed by atoms with Gasteiger partial charge in [-0.3, -0.25) is 4.79 Å². The van der Waals surface area contributed by atoms with Crippen molar-refractivity contribution in [3.8, 4) is 5.75 Å². The quantitative estimate of drug-likeness (QED) is 0.790. The molecule has 0 atom stereocenters. The number of carbonyl (C=O) groups is 1. The summed E-state index contributed by atoms with van der Waals surface area (Å²) in [6.45, 7) is -0.111. The molecule has 2 aromatic carbocycles. The Labute approximate surface area is 127 Å². The molecule has 0 amide bonds. The second kappa shape index (κ2) is 5.86. The summed E-state index contributed by atoms with van der Waals surface area (Å²) in [5.41, 5.74) is 3.22. The number of fused-ring (bicyclic) bond motifs is 1. The number of aryl methyl sites for hydroxylation is 2. The number of halogens is 2. The summed E-state index contributed by atoms with van der Waals surface area (Å²) >= 11 is 5.60. The van der Waals surface area contributed by atoms with Gasteiger partial charge in [0.25, 0.3) is 0 Å². The van der Waals surface area contributed by atoms with E-state index in [1.807, 2.05) is 18.2 Å². The first-order valence-corrected chi connectivity index (χ1v) is 7.24. The van der Waals surface area contributed by atoms with Crippen LogP contribution >= 0.6 is 11.6 Å². The normalized spacial score (nSPS) is 13.0. The zero-order valence-electron chi connectivity index (χ0n) is 11.4. The Kier molecular flexibility index (Phi) is 3.93. The van der Waals surface area contributed by atoms with Crippen molar-refractivity contribution < 1.29 is 13.9 Å². The second-order valence-corrected chi connectivity index (χ2v) is 5.53. The highest BCUT2D eigenvalue weighted by atomic mass is 35.5. The van der Waals surface area contributed by atoms with Crippen LogP contribution in [0, 0.1) is 5.82 Å². The van der Waals surface area contributed by atoms with Crippen LogP contribution in [0.15, 0.2) is 36.4 Å². The number of Topliss-reactive ketones (excluding diaryl/α,β-unsaturated/α-hetero) is 1. The molecule has 1 aliphatic rings. The molecule has 0 aliphatic heterocycles. The van der Waals surface area contributed by atoms with Crippen LogP contribution in [0.4, 0.5) is 4.39 Å². The molecular weight excluding hydrogens is 291 g/mol. The minimum Gasteiger partial charge on any atom is -0.485 e. The predicted molar refractivity (Wildman–Crippen MR) is 79.7 cm³/mol. The molecule has 21 heavy (non-hydrogen) atoms. The van der Waals surface area contributed by atoms with Gasteiger partial charge in [-0.15, -0.1) is 0 Å². The highest BCUT2D eigenvalue weighted by molar-refractivity contribution is 6.30. The van der Waals surface area contributed by atoms with Gasteiger partial charge >= 0.3 is 0 Å². The number of benzene rings is 2. The summed E-state index contributed by atoms with van der Waals surface area (Å²) in [5.74, 6) is -0.370. The Balaban J connectivity index is 1.67. The Morgan fingerprint density at radius 3 is 2.76 bits per heavy atom. The molecule has 0 bridgehead atoms. The van der Waals surface area contributed by atoms with E-state index in [0.29, 0.717) is 11.3 Å². The smallest absolute Gasteiger partial charge is 0.200 e. The van der Waals surface area contributed by atoms with E-state index in [1.165, 1.54) is 23.3 Å². The Hall–Kier alpha value is -1.87. The first-order valence-electron chi connectivity index (χ1n) is 6.86. The molecule has 108 valence electrons. The maximum Gasteiger partial charge on any atom is 0.200 e. The van der Waals surface area contributed by atoms with E-state index in [4.69, 9.17) is 16.3 Å². The van der Waals surface area contributed by atoms with E-state index >= 15 is 0 Å². The van der Waals surface area contributed by atoms with Crippen LogP contribution in [0.5, 0.6) is 5.75 Å². The number of ketones is 1. The Morgan fingerprint density at radius 1 is 1.14 bits per heavy atom. The Bertz CT molecular complexity index is 697. The summed E-state index contributed by atoms with van der Waals surface area (Å²) in [5, 5.41) is 0.0345. The largest absolute Gasteiger partial charge is 0.485 e. The summed E-state index contributed by atoms with van der Waals surface area (Å²) < 4.78 is 18.6. The molecule has 1 aliphatic carbocycles. The van der Waals surface area contributed by atoms with Crippen molar-refractivity contribution in [2.45, 2.75) is 19.3 Å². The van der Waals surface area contributed by atoms with Crippen molar-refractivity contribution in [3.63, 3.8) is 0 Å². The van der Waals surface area contributed by atoms with Crippen molar-refractivity contribution in [2.75, 3.05) is 6.61 Å². The maximum absolute atomic E-state index is 13.3. The van der Waals surface area contributed by atoms with Gasteiger partial charge < -0.3 is 4.74 Å². The van der Waals surface area contributed by atoms with Crippen molar-refractivity contribution >= 4 is 17.4 Å². The molecule has 2 nitrogen and oxygen atoms in total. The molecule has 0 spiro atoms. The van der Waals surface area contributed by atoms with E-state index in [2.05, 4.69) is 0 Å². The van der Waals surface area contributed by atoms with E-state index in [9.17, 15) is 9.18 Å². The van der Waals surface area contributed by atoms with Crippen LogP contribution in [0.2, 0.25) is 5.02 Å². The molecule has 3 rings (SSSR count).